The Morgan fingerprint density at radius 3 is 2.52 bits per heavy atom. The van der Waals surface area contributed by atoms with E-state index in [-0.39, 0.29) is 6.61 Å². The molecule has 4 rings (SSSR count). The number of ether oxygens (including phenoxy) is 1. The predicted molar refractivity (Wildman–Crippen MR) is 115 cm³/mol. The predicted octanol–water partition coefficient (Wildman–Crippen LogP) is 2.97. The van der Waals surface area contributed by atoms with E-state index >= 15 is 0 Å². The van der Waals surface area contributed by atoms with Crippen molar-refractivity contribution < 1.29 is 9.53 Å². The Kier molecular flexibility index (Phi) is 8.58. The van der Waals surface area contributed by atoms with Crippen LogP contribution < -0.4 is 4.90 Å². The lowest BCUT2D eigenvalue weighted by Crippen LogP contribution is -2.44. The Balaban J connectivity index is 0.000000188. The average Bonchev–Trinajstić information content (AvgIpc) is 2.73. The first-order chi connectivity index (χ1) is 14.2. The second-order valence-electron chi connectivity index (χ2n) is 7.83. The fourth-order valence-electron chi connectivity index (χ4n) is 3.50. The van der Waals surface area contributed by atoms with Crippen LogP contribution in [0.2, 0.25) is 0 Å². The molecule has 6 heteroatoms. The van der Waals surface area contributed by atoms with E-state index < -0.39 is 0 Å². The number of carbonyl (C=O) groups is 1. The second-order valence-corrected chi connectivity index (χ2v) is 7.83. The van der Waals surface area contributed by atoms with E-state index in [1.54, 1.807) is 6.33 Å². The molecule has 29 heavy (non-hydrogen) atoms. The molecule has 1 aromatic carbocycles. The number of hydrogen-bond acceptors (Lipinski definition) is 6. The summed E-state index contributed by atoms with van der Waals surface area (Å²) in [4.78, 5) is 23.5. The maximum Gasteiger partial charge on any atom is 0.145 e. The molecule has 0 atom stereocenters. The minimum atomic E-state index is 0.175. The number of hydrogen-bond donors (Lipinski definition) is 0. The van der Waals surface area contributed by atoms with Crippen molar-refractivity contribution in [2.45, 2.75) is 32.3 Å². The fraction of sp³-hybridized carbons (Fsp3) is 0.522. The summed E-state index contributed by atoms with van der Waals surface area (Å²) in [7, 11) is 2.18. The van der Waals surface area contributed by atoms with Gasteiger partial charge in [0.15, 0.2) is 0 Å². The van der Waals surface area contributed by atoms with Crippen molar-refractivity contribution in [2.24, 2.45) is 5.92 Å². The molecule has 1 aromatic heterocycles. The van der Waals surface area contributed by atoms with Crippen molar-refractivity contribution in [2.75, 3.05) is 44.7 Å². The molecule has 2 aromatic rings. The molecule has 0 N–H and O–H groups in total. The van der Waals surface area contributed by atoms with Crippen LogP contribution in [0.15, 0.2) is 42.7 Å². The van der Waals surface area contributed by atoms with Crippen LogP contribution in [0.25, 0.3) is 0 Å². The van der Waals surface area contributed by atoms with Gasteiger partial charge < -0.3 is 19.3 Å². The third-order valence-corrected chi connectivity index (χ3v) is 5.56. The maximum absolute atomic E-state index is 9.87. The highest BCUT2D eigenvalue weighted by Gasteiger charge is 2.20. The van der Waals surface area contributed by atoms with Gasteiger partial charge in [-0.15, -0.1) is 0 Å². The van der Waals surface area contributed by atoms with Gasteiger partial charge >= 0.3 is 0 Å². The first-order valence-electron chi connectivity index (χ1n) is 10.5. The largest absolute Gasteiger partial charge is 0.369 e. The van der Waals surface area contributed by atoms with Gasteiger partial charge in [0.25, 0.3) is 0 Å². The average molecular weight is 397 g/mol. The normalized spacial score (nSPS) is 17.2. The van der Waals surface area contributed by atoms with Gasteiger partial charge in [-0.25, -0.2) is 9.97 Å². The number of piperazine rings is 1. The Morgan fingerprint density at radius 2 is 1.86 bits per heavy atom. The molecule has 6 nitrogen and oxygen atoms in total. The number of anilines is 1. The highest BCUT2D eigenvalue weighted by atomic mass is 16.5. The Hall–Kier alpha value is -2.31. The molecule has 0 spiro atoms. The van der Waals surface area contributed by atoms with E-state index in [2.05, 4.69) is 32.9 Å². The summed E-state index contributed by atoms with van der Waals surface area (Å²) in [5.74, 6) is 1.99. The van der Waals surface area contributed by atoms with Gasteiger partial charge in [-0.1, -0.05) is 49.6 Å². The molecule has 0 bridgehead atoms. The number of rotatable bonds is 7. The monoisotopic (exact) mass is 396 g/mol. The summed E-state index contributed by atoms with van der Waals surface area (Å²) in [6.07, 6.45) is 7.80. The maximum atomic E-state index is 9.87. The first kappa shape index (κ1) is 21.4. The van der Waals surface area contributed by atoms with Crippen LogP contribution in [0.4, 0.5) is 5.82 Å². The standard InChI is InChI=1S/C14H22N4.C9H10O2/c1-17-5-7-18(8-6-17)14-10-13(15-11-16-14)9-12-3-2-4-12;10-6-7-11-8-9-4-2-1-3-5-9/h10-12H,2-9H2,1H3;1-6H,7-8H2. The Labute approximate surface area is 173 Å². The molecule has 2 aliphatic rings. The van der Waals surface area contributed by atoms with Gasteiger partial charge in [0.05, 0.1) is 6.61 Å². The molecule has 0 radical (unpaired) electrons. The van der Waals surface area contributed by atoms with E-state index in [0.717, 1.165) is 56.2 Å². The summed E-state index contributed by atoms with van der Waals surface area (Å²) in [6.45, 7) is 5.10. The number of carbonyl (C=O) groups excluding carboxylic acids is 1. The molecule has 1 aliphatic heterocycles. The number of likely N-dealkylation sites (N-methyl/N-ethyl adjacent to an activating group) is 1. The smallest absolute Gasteiger partial charge is 0.145 e. The fourth-order valence-corrected chi connectivity index (χ4v) is 3.50. The van der Waals surface area contributed by atoms with Gasteiger partial charge in [0, 0.05) is 37.9 Å². The molecule has 0 amide bonds. The summed E-state index contributed by atoms with van der Waals surface area (Å²) >= 11 is 0. The van der Waals surface area contributed by atoms with E-state index in [9.17, 15) is 4.79 Å². The van der Waals surface area contributed by atoms with E-state index in [1.807, 2.05) is 30.3 Å². The van der Waals surface area contributed by atoms with Crippen molar-refractivity contribution in [3.8, 4) is 0 Å². The summed E-state index contributed by atoms with van der Waals surface area (Å²) in [6, 6.07) is 12.0. The van der Waals surface area contributed by atoms with Gasteiger partial charge in [-0.3, -0.25) is 0 Å². The third-order valence-electron chi connectivity index (χ3n) is 5.56. The van der Waals surface area contributed by atoms with E-state index in [4.69, 9.17) is 4.74 Å². The minimum absolute atomic E-state index is 0.175. The van der Waals surface area contributed by atoms with Gasteiger partial charge in [0.2, 0.25) is 0 Å². The number of benzene rings is 1. The zero-order valence-corrected chi connectivity index (χ0v) is 17.4. The lowest BCUT2D eigenvalue weighted by Gasteiger charge is -2.33. The molecule has 1 aliphatic carbocycles. The van der Waals surface area contributed by atoms with Crippen LogP contribution in [0.1, 0.15) is 30.5 Å². The molecule has 2 fully saturated rings. The Morgan fingerprint density at radius 1 is 1.10 bits per heavy atom. The highest BCUT2D eigenvalue weighted by Crippen LogP contribution is 2.29. The van der Waals surface area contributed by atoms with E-state index in [1.165, 1.54) is 25.0 Å². The van der Waals surface area contributed by atoms with Crippen LogP contribution in [0.5, 0.6) is 0 Å². The highest BCUT2D eigenvalue weighted by molar-refractivity contribution is 5.50. The first-order valence-corrected chi connectivity index (χ1v) is 10.5. The van der Waals surface area contributed by atoms with Crippen LogP contribution in [-0.4, -0.2) is 61.0 Å². The Bertz CT molecular complexity index is 729. The molecular weight excluding hydrogens is 364 g/mol. The van der Waals surface area contributed by atoms with Crippen molar-refractivity contribution in [1.29, 1.82) is 0 Å². The van der Waals surface area contributed by atoms with Crippen LogP contribution in [0.3, 0.4) is 0 Å². The lowest BCUT2D eigenvalue weighted by molar-refractivity contribution is -0.112. The van der Waals surface area contributed by atoms with Gasteiger partial charge in [-0.05, 0) is 24.9 Å². The molecule has 1 saturated carbocycles. The van der Waals surface area contributed by atoms with Gasteiger partial charge in [-0.2, -0.15) is 0 Å². The molecule has 2 heterocycles. The molecule has 1 saturated heterocycles. The summed E-state index contributed by atoms with van der Waals surface area (Å²) in [5.41, 5.74) is 2.32. The van der Waals surface area contributed by atoms with Crippen molar-refractivity contribution in [1.82, 2.24) is 14.9 Å². The molecule has 156 valence electrons. The van der Waals surface area contributed by atoms with Crippen molar-refractivity contribution >= 4 is 12.1 Å². The second kappa shape index (κ2) is 11.6. The minimum Gasteiger partial charge on any atom is -0.369 e. The van der Waals surface area contributed by atoms with Gasteiger partial charge in [0.1, 0.15) is 25.0 Å². The summed E-state index contributed by atoms with van der Waals surface area (Å²) in [5, 5.41) is 0. The van der Waals surface area contributed by atoms with Crippen LogP contribution in [0, 0.1) is 5.92 Å². The van der Waals surface area contributed by atoms with E-state index in [0.29, 0.717) is 6.61 Å². The van der Waals surface area contributed by atoms with Crippen LogP contribution >= 0.6 is 0 Å². The molecule has 0 unspecified atom stereocenters. The number of aldehydes is 1. The molecular formula is C23H32N4O2. The zero-order chi connectivity index (χ0) is 20.3. The number of aromatic nitrogens is 2. The quantitative estimate of drug-likeness (QED) is 0.530. The number of nitrogens with zero attached hydrogens (tertiary/aromatic N) is 4. The lowest BCUT2D eigenvalue weighted by atomic mass is 9.82. The zero-order valence-electron chi connectivity index (χ0n) is 17.4. The topological polar surface area (TPSA) is 58.6 Å². The SMILES string of the molecule is CN1CCN(c2cc(CC3CCC3)ncn2)CC1.O=CCOCc1ccccc1. The third kappa shape index (κ3) is 7.22. The summed E-state index contributed by atoms with van der Waals surface area (Å²) < 4.78 is 5.00. The van der Waals surface area contributed by atoms with Crippen molar-refractivity contribution in [3.05, 3.63) is 54.0 Å². The van der Waals surface area contributed by atoms with Crippen LogP contribution in [-0.2, 0) is 22.6 Å². The van der Waals surface area contributed by atoms with Crippen molar-refractivity contribution in [3.63, 3.8) is 0 Å².